The maximum absolute atomic E-state index is 14.2. The van der Waals surface area contributed by atoms with Crippen LogP contribution >= 0.6 is 0 Å². The summed E-state index contributed by atoms with van der Waals surface area (Å²) in [6, 6.07) is 4.75. The summed E-state index contributed by atoms with van der Waals surface area (Å²) in [6.45, 7) is 0.871. The Morgan fingerprint density at radius 1 is 1.11 bits per heavy atom. The number of carbonyl (C=O) groups is 2. The summed E-state index contributed by atoms with van der Waals surface area (Å²) in [5.41, 5.74) is 0.437. The van der Waals surface area contributed by atoms with Crippen LogP contribution in [0.4, 0.5) is 17.6 Å². The van der Waals surface area contributed by atoms with Crippen molar-refractivity contribution in [3.8, 4) is 0 Å². The predicted octanol–water partition coefficient (Wildman–Crippen LogP) is 2.19. The molecule has 0 bridgehead atoms. The molecule has 2 heterocycles. The van der Waals surface area contributed by atoms with Gasteiger partial charge in [-0.2, -0.15) is 13.2 Å². The van der Waals surface area contributed by atoms with Gasteiger partial charge in [0.1, 0.15) is 11.9 Å². The van der Waals surface area contributed by atoms with Gasteiger partial charge in [0.2, 0.25) is 5.91 Å². The summed E-state index contributed by atoms with van der Waals surface area (Å²) in [6.07, 6.45) is -4.44. The third-order valence-corrected chi connectivity index (χ3v) is 5.27. The SMILES string of the molecule is CN1CCN(C(=O)C2CCCN2C(=O)C(F)(F)F)CC1c1ccccc1F. The highest BCUT2D eigenvalue weighted by Crippen LogP contribution is 2.30. The lowest BCUT2D eigenvalue weighted by molar-refractivity contribution is -0.187. The van der Waals surface area contributed by atoms with Gasteiger partial charge in [-0.15, -0.1) is 0 Å². The van der Waals surface area contributed by atoms with Crippen molar-refractivity contribution >= 4 is 11.8 Å². The molecule has 148 valence electrons. The van der Waals surface area contributed by atoms with Crippen LogP contribution in [0, 0.1) is 5.82 Å². The van der Waals surface area contributed by atoms with Crippen LogP contribution < -0.4 is 0 Å². The first-order chi connectivity index (χ1) is 12.7. The molecule has 2 aliphatic rings. The molecule has 2 aliphatic heterocycles. The number of hydrogen-bond donors (Lipinski definition) is 0. The minimum Gasteiger partial charge on any atom is -0.338 e. The molecule has 2 saturated heterocycles. The predicted molar refractivity (Wildman–Crippen MR) is 89.1 cm³/mol. The van der Waals surface area contributed by atoms with Crippen LogP contribution in [0.5, 0.6) is 0 Å². The van der Waals surface area contributed by atoms with E-state index in [1.54, 1.807) is 18.2 Å². The van der Waals surface area contributed by atoms with Crippen LogP contribution in [-0.2, 0) is 9.59 Å². The Hall–Kier alpha value is -2.16. The van der Waals surface area contributed by atoms with Crippen molar-refractivity contribution in [2.24, 2.45) is 0 Å². The number of carbonyl (C=O) groups excluding carboxylic acids is 2. The number of piperazine rings is 1. The van der Waals surface area contributed by atoms with E-state index in [4.69, 9.17) is 0 Å². The molecule has 0 aliphatic carbocycles. The lowest BCUT2D eigenvalue weighted by Crippen LogP contribution is -2.56. The molecule has 3 rings (SSSR count). The van der Waals surface area contributed by atoms with Crippen LogP contribution in [0.25, 0.3) is 0 Å². The molecule has 2 amide bonds. The Labute approximate surface area is 154 Å². The lowest BCUT2D eigenvalue weighted by Gasteiger charge is -2.41. The highest BCUT2D eigenvalue weighted by atomic mass is 19.4. The van der Waals surface area contributed by atoms with Crippen molar-refractivity contribution in [1.82, 2.24) is 14.7 Å². The van der Waals surface area contributed by atoms with Crippen molar-refractivity contribution in [3.05, 3.63) is 35.6 Å². The van der Waals surface area contributed by atoms with Gasteiger partial charge in [0.15, 0.2) is 0 Å². The molecule has 2 unspecified atom stereocenters. The molecule has 2 fully saturated rings. The van der Waals surface area contributed by atoms with Crippen molar-refractivity contribution < 1.29 is 27.2 Å². The maximum atomic E-state index is 14.2. The van der Waals surface area contributed by atoms with Gasteiger partial charge < -0.3 is 9.80 Å². The molecule has 1 aromatic rings. The van der Waals surface area contributed by atoms with E-state index < -0.39 is 35.9 Å². The Bertz CT molecular complexity index is 725. The first-order valence-electron chi connectivity index (χ1n) is 8.81. The van der Waals surface area contributed by atoms with Gasteiger partial charge in [0, 0.05) is 31.7 Å². The second-order valence-corrected chi connectivity index (χ2v) is 6.96. The number of alkyl halides is 3. The second-order valence-electron chi connectivity index (χ2n) is 6.96. The normalized spacial score (nSPS) is 24.3. The summed E-state index contributed by atoms with van der Waals surface area (Å²) >= 11 is 0. The van der Waals surface area contributed by atoms with Gasteiger partial charge in [-0.25, -0.2) is 4.39 Å². The fourth-order valence-corrected chi connectivity index (χ4v) is 3.80. The zero-order chi connectivity index (χ0) is 19.8. The van der Waals surface area contributed by atoms with Crippen LogP contribution in [0.15, 0.2) is 24.3 Å². The minimum absolute atomic E-state index is 0.0841. The fraction of sp³-hybridized carbons (Fsp3) is 0.556. The number of benzene rings is 1. The summed E-state index contributed by atoms with van der Waals surface area (Å²) in [7, 11) is 1.81. The Morgan fingerprint density at radius 3 is 2.48 bits per heavy atom. The molecule has 0 radical (unpaired) electrons. The van der Waals surface area contributed by atoms with Crippen molar-refractivity contribution in [2.45, 2.75) is 31.1 Å². The summed E-state index contributed by atoms with van der Waals surface area (Å²) in [5.74, 6) is -2.86. The Balaban J connectivity index is 1.77. The summed E-state index contributed by atoms with van der Waals surface area (Å²) in [4.78, 5) is 28.5. The van der Waals surface area contributed by atoms with Crippen molar-refractivity contribution in [2.75, 3.05) is 33.2 Å². The topological polar surface area (TPSA) is 43.9 Å². The van der Waals surface area contributed by atoms with E-state index in [0.717, 1.165) is 0 Å². The molecule has 1 aromatic carbocycles. The second kappa shape index (κ2) is 7.46. The fourth-order valence-electron chi connectivity index (χ4n) is 3.80. The highest BCUT2D eigenvalue weighted by molar-refractivity contribution is 5.90. The molecule has 0 N–H and O–H groups in total. The highest BCUT2D eigenvalue weighted by Gasteiger charge is 2.48. The van der Waals surface area contributed by atoms with Crippen LogP contribution in [0.1, 0.15) is 24.4 Å². The molecule has 27 heavy (non-hydrogen) atoms. The van der Waals surface area contributed by atoms with Crippen molar-refractivity contribution in [3.63, 3.8) is 0 Å². The Morgan fingerprint density at radius 2 is 1.81 bits per heavy atom. The molecule has 0 saturated carbocycles. The lowest BCUT2D eigenvalue weighted by atomic mass is 10.0. The zero-order valence-electron chi connectivity index (χ0n) is 14.9. The van der Waals surface area contributed by atoms with E-state index in [0.29, 0.717) is 30.0 Å². The number of amides is 2. The number of rotatable bonds is 2. The third kappa shape index (κ3) is 3.92. The van der Waals surface area contributed by atoms with Gasteiger partial charge in [-0.05, 0) is 26.0 Å². The largest absolute Gasteiger partial charge is 0.471 e. The van der Waals surface area contributed by atoms with Gasteiger partial charge >= 0.3 is 12.1 Å². The minimum atomic E-state index is -5.00. The number of likely N-dealkylation sites (N-methyl/N-ethyl adjacent to an activating group) is 1. The molecule has 2 atom stereocenters. The Kier molecular flexibility index (Phi) is 5.41. The van der Waals surface area contributed by atoms with E-state index >= 15 is 0 Å². The van der Waals surface area contributed by atoms with Gasteiger partial charge in [0.05, 0.1) is 6.04 Å². The third-order valence-electron chi connectivity index (χ3n) is 5.27. The standard InChI is InChI=1S/C18H21F4N3O2/c1-23-9-10-24(11-15(23)12-5-2-3-6-13(12)19)16(26)14-7-4-8-25(14)17(27)18(20,21)22/h2-3,5-6,14-15H,4,7-11H2,1H3. The van der Waals surface area contributed by atoms with Crippen LogP contribution in [-0.4, -0.2) is 72.0 Å². The van der Waals surface area contributed by atoms with Crippen molar-refractivity contribution in [1.29, 1.82) is 0 Å². The maximum Gasteiger partial charge on any atom is 0.471 e. The molecule has 0 aromatic heterocycles. The number of halogens is 4. The smallest absolute Gasteiger partial charge is 0.338 e. The zero-order valence-corrected chi connectivity index (χ0v) is 14.9. The van der Waals surface area contributed by atoms with Crippen LogP contribution in [0.3, 0.4) is 0 Å². The average Bonchev–Trinajstić information content (AvgIpc) is 3.10. The number of nitrogens with zero attached hydrogens (tertiary/aromatic N) is 3. The van der Waals surface area contributed by atoms with E-state index in [1.807, 2.05) is 11.9 Å². The number of likely N-dealkylation sites (tertiary alicyclic amines) is 1. The quantitative estimate of drug-likeness (QED) is 0.731. The molecular weight excluding hydrogens is 366 g/mol. The number of hydrogen-bond acceptors (Lipinski definition) is 3. The van der Waals surface area contributed by atoms with Crippen LogP contribution in [0.2, 0.25) is 0 Å². The van der Waals surface area contributed by atoms with Gasteiger partial charge in [0.25, 0.3) is 0 Å². The molecule has 0 spiro atoms. The summed E-state index contributed by atoms with van der Waals surface area (Å²) in [5, 5.41) is 0. The average molecular weight is 387 g/mol. The van der Waals surface area contributed by atoms with E-state index in [2.05, 4.69) is 0 Å². The molecular formula is C18H21F4N3O2. The first kappa shape index (κ1) is 19.6. The van der Waals surface area contributed by atoms with E-state index in [1.165, 1.54) is 11.0 Å². The first-order valence-corrected chi connectivity index (χ1v) is 8.81. The van der Waals surface area contributed by atoms with Gasteiger partial charge in [-0.3, -0.25) is 14.5 Å². The van der Waals surface area contributed by atoms with Gasteiger partial charge in [-0.1, -0.05) is 18.2 Å². The molecule has 5 nitrogen and oxygen atoms in total. The van der Waals surface area contributed by atoms with E-state index in [-0.39, 0.29) is 19.5 Å². The summed E-state index contributed by atoms with van der Waals surface area (Å²) < 4.78 is 52.6. The van der Waals surface area contributed by atoms with E-state index in [9.17, 15) is 27.2 Å². The molecule has 9 heteroatoms. The monoisotopic (exact) mass is 387 g/mol.